The van der Waals surface area contributed by atoms with E-state index < -0.39 is 0 Å². The molecule has 0 atom stereocenters. The van der Waals surface area contributed by atoms with Crippen LogP contribution in [-0.4, -0.2) is 23.2 Å². The lowest BCUT2D eigenvalue weighted by Gasteiger charge is -2.08. The number of aromatic nitrogens is 2. The summed E-state index contributed by atoms with van der Waals surface area (Å²) in [7, 11) is 1.59. The number of anilines is 1. The molecule has 1 aromatic heterocycles. The molecule has 94 valence electrons. The number of aromatic amines is 1. The van der Waals surface area contributed by atoms with Gasteiger partial charge in [-0.1, -0.05) is 6.07 Å². The standard InChI is InChI=1S/C13H15N3O2/c1-8-4-5-10(6-11(8)18-3)13(17)15-12-9(2)7-14-16-12/h4-7H,1-3H3,(H2,14,15,16,17). The number of hydrogen-bond donors (Lipinski definition) is 2. The first-order chi connectivity index (χ1) is 8.61. The number of benzene rings is 1. The second-order valence-electron chi connectivity index (χ2n) is 4.07. The third-order valence-corrected chi connectivity index (χ3v) is 2.74. The summed E-state index contributed by atoms with van der Waals surface area (Å²) in [6.45, 7) is 3.80. The quantitative estimate of drug-likeness (QED) is 0.871. The van der Waals surface area contributed by atoms with Crippen LogP contribution in [0.5, 0.6) is 5.75 Å². The number of aryl methyl sites for hydroxylation is 2. The molecule has 0 spiro atoms. The van der Waals surface area contributed by atoms with Crippen molar-refractivity contribution in [3.8, 4) is 5.75 Å². The van der Waals surface area contributed by atoms with Gasteiger partial charge in [0.1, 0.15) is 11.6 Å². The highest BCUT2D eigenvalue weighted by molar-refractivity contribution is 6.04. The number of methoxy groups -OCH3 is 1. The van der Waals surface area contributed by atoms with Gasteiger partial charge in [0.15, 0.2) is 0 Å². The van der Waals surface area contributed by atoms with Crippen molar-refractivity contribution in [3.63, 3.8) is 0 Å². The molecule has 1 heterocycles. The van der Waals surface area contributed by atoms with Gasteiger partial charge >= 0.3 is 0 Å². The van der Waals surface area contributed by atoms with E-state index >= 15 is 0 Å². The Hall–Kier alpha value is -2.30. The van der Waals surface area contributed by atoms with Gasteiger partial charge in [-0.3, -0.25) is 9.89 Å². The van der Waals surface area contributed by atoms with Gasteiger partial charge in [0.2, 0.25) is 0 Å². The van der Waals surface area contributed by atoms with Gasteiger partial charge in [-0.2, -0.15) is 5.10 Å². The third kappa shape index (κ3) is 2.34. The highest BCUT2D eigenvalue weighted by Crippen LogP contribution is 2.20. The highest BCUT2D eigenvalue weighted by atomic mass is 16.5. The molecule has 2 rings (SSSR count). The Morgan fingerprint density at radius 2 is 2.11 bits per heavy atom. The lowest BCUT2D eigenvalue weighted by Crippen LogP contribution is -2.13. The fraction of sp³-hybridized carbons (Fsp3) is 0.231. The molecule has 5 nitrogen and oxygen atoms in total. The average Bonchev–Trinajstić information content (AvgIpc) is 2.75. The first-order valence-corrected chi connectivity index (χ1v) is 5.58. The molecule has 0 aliphatic carbocycles. The minimum atomic E-state index is -0.194. The normalized spacial score (nSPS) is 10.2. The average molecular weight is 245 g/mol. The van der Waals surface area contributed by atoms with Crippen LogP contribution in [0.2, 0.25) is 0 Å². The first-order valence-electron chi connectivity index (χ1n) is 5.58. The molecular weight excluding hydrogens is 230 g/mol. The Kier molecular flexibility index (Phi) is 3.32. The van der Waals surface area contributed by atoms with Crippen molar-refractivity contribution in [1.82, 2.24) is 10.2 Å². The molecule has 1 amide bonds. The van der Waals surface area contributed by atoms with Crippen LogP contribution < -0.4 is 10.1 Å². The maximum absolute atomic E-state index is 12.0. The van der Waals surface area contributed by atoms with E-state index in [1.165, 1.54) is 0 Å². The van der Waals surface area contributed by atoms with E-state index in [1.807, 2.05) is 19.9 Å². The van der Waals surface area contributed by atoms with E-state index in [0.717, 1.165) is 11.1 Å². The number of carbonyl (C=O) groups excluding carboxylic acids is 1. The number of H-pyrrole nitrogens is 1. The minimum Gasteiger partial charge on any atom is -0.496 e. The van der Waals surface area contributed by atoms with Gasteiger partial charge in [0.05, 0.1) is 13.3 Å². The fourth-order valence-corrected chi connectivity index (χ4v) is 1.62. The molecule has 0 saturated carbocycles. The van der Waals surface area contributed by atoms with E-state index in [1.54, 1.807) is 25.4 Å². The molecular formula is C13H15N3O2. The Labute approximate surface area is 105 Å². The van der Waals surface area contributed by atoms with E-state index in [2.05, 4.69) is 15.5 Å². The summed E-state index contributed by atoms with van der Waals surface area (Å²) in [5.41, 5.74) is 2.43. The molecule has 0 aliphatic heterocycles. The zero-order valence-corrected chi connectivity index (χ0v) is 10.6. The zero-order chi connectivity index (χ0) is 13.1. The number of carbonyl (C=O) groups is 1. The lowest BCUT2D eigenvalue weighted by atomic mass is 10.1. The van der Waals surface area contributed by atoms with Gasteiger partial charge in [-0.15, -0.1) is 0 Å². The summed E-state index contributed by atoms with van der Waals surface area (Å²) >= 11 is 0. The van der Waals surface area contributed by atoms with E-state index in [0.29, 0.717) is 17.1 Å². The molecule has 0 aliphatic rings. The predicted octanol–water partition coefficient (Wildman–Crippen LogP) is 2.29. The number of nitrogens with one attached hydrogen (secondary N) is 2. The van der Waals surface area contributed by atoms with Crippen molar-refractivity contribution in [3.05, 3.63) is 41.1 Å². The molecule has 2 N–H and O–H groups in total. The Balaban J connectivity index is 2.21. The van der Waals surface area contributed by atoms with Crippen molar-refractivity contribution >= 4 is 11.7 Å². The fourth-order valence-electron chi connectivity index (χ4n) is 1.62. The number of rotatable bonds is 3. The van der Waals surface area contributed by atoms with Crippen molar-refractivity contribution in [2.24, 2.45) is 0 Å². The molecule has 0 saturated heterocycles. The highest BCUT2D eigenvalue weighted by Gasteiger charge is 2.10. The van der Waals surface area contributed by atoms with Gasteiger partial charge in [-0.25, -0.2) is 0 Å². The maximum atomic E-state index is 12.0. The third-order valence-electron chi connectivity index (χ3n) is 2.74. The second kappa shape index (κ2) is 4.91. The SMILES string of the molecule is COc1cc(C(=O)Nc2[nH]ncc2C)ccc1C. The largest absolute Gasteiger partial charge is 0.496 e. The number of ether oxygens (including phenoxy) is 1. The molecule has 2 aromatic rings. The van der Waals surface area contributed by atoms with Crippen LogP contribution in [-0.2, 0) is 0 Å². The van der Waals surface area contributed by atoms with Crippen LogP contribution in [0.1, 0.15) is 21.5 Å². The van der Waals surface area contributed by atoms with Crippen molar-refractivity contribution in [1.29, 1.82) is 0 Å². The Morgan fingerprint density at radius 1 is 1.33 bits per heavy atom. The second-order valence-corrected chi connectivity index (χ2v) is 4.07. The number of hydrogen-bond acceptors (Lipinski definition) is 3. The molecule has 0 unspecified atom stereocenters. The van der Waals surface area contributed by atoms with E-state index in [4.69, 9.17) is 4.74 Å². The Bertz CT molecular complexity index is 575. The van der Waals surface area contributed by atoms with Crippen LogP contribution in [0.4, 0.5) is 5.82 Å². The molecule has 0 fully saturated rings. The minimum absolute atomic E-state index is 0.194. The molecule has 0 radical (unpaired) electrons. The first kappa shape index (κ1) is 12.2. The smallest absolute Gasteiger partial charge is 0.256 e. The van der Waals surface area contributed by atoms with E-state index in [-0.39, 0.29) is 5.91 Å². The Morgan fingerprint density at radius 3 is 2.72 bits per heavy atom. The van der Waals surface area contributed by atoms with Crippen LogP contribution in [0.3, 0.4) is 0 Å². The van der Waals surface area contributed by atoms with Gasteiger partial charge < -0.3 is 10.1 Å². The summed E-state index contributed by atoms with van der Waals surface area (Å²) in [6, 6.07) is 5.34. The van der Waals surface area contributed by atoms with Crippen molar-refractivity contribution in [2.45, 2.75) is 13.8 Å². The topological polar surface area (TPSA) is 67.0 Å². The summed E-state index contributed by atoms with van der Waals surface area (Å²) in [5.74, 6) is 1.11. The number of amides is 1. The molecule has 18 heavy (non-hydrogen) atoms. The molecule has 0 bridgehead atoms. The molecule has 5 heteroatoms. The van der Waals surface area contributed by atoms with Gasteiger partial charge in [-0.05, 0) is 31.5 Å². The summed E-state index contributed by atoms with van der Waals surface area (Å²) in [6.07, 6.45) is 1.66. The van der Waals surface area contributed by atoms with Crippen molar-refractivity contribution in [2.75, 3.05) is 12.4 Å². The lowest BCUT2D eigenvalue weighted by molar-refractivity contribution is 0.102. The zero-order valence-electron chi connectivity index (χ0n) is 10.6. The monoisotopic (exact) mass is 245 g/mol. The summed E-state index contributed by atoms with van der Waals surface area (Å²) < 4.78 is 5.19. The predicted molar refractivity (Wildman–Crippen MR) is 69.0 cm³/mol. The summed E-state index contributed by atoms with van der Waals surface area (Å²) in [4.78, 5) is 12.0. The van der Waals surface area contributed by atoms with E-state index in [9.17, 15) is 4.79 Å². The van der Waals surface area contributed by atoms with Crippen LogP contribution in [0.15, 0.2) is 24.4 Å². The van der Waals surface area contributed by atoms with Crippen LogP contribution in [0.25, 0.3) is 0 Å². The van der Waals surface area contributed by atoms with Crippen LogP contribution in [0, 0.1) is 13.8 Å². The van der Waals surface area contributed by atoms with Crippen LogP contribution >= 0.6 is 0 Å². The van der Waals surface area contributed by atoms with Crippen molar-refractivity contribution < 1.29 is 9.53 Å². The maximum Gasteiger partial charge on any atom is 0.256 e. The molecule has 1 aromatic carbocycles. The summed E-state index contributed by atoms with van der Waals surface area (Å²) in [5, 5.41) is 9.35. The van der Waals surface area contributed by atoms with Gasteiger partial charge in [0.25, 0.3) is 5.91 Å². The number of nitrogens with zero attached hydrogens (tertiary/aromatic N) is 1. The van der Waals surface area contributed by atoms with Gasteiger partial charge in [0, 0.05) is 11.1 Å².